The number of benzene rings is 1. The third-order valence-electron chi connectivity index (χ3n) is 2.35. The van der Waals surface area contributed by atoms with Gasteiger partial charge < -0.3 is 10.5 Å². The summed E-state index contributed by atoms with van der Waals surface area (Å²) in [6, 6.07) is 7.34. The van der Waals surface area contributed by atoms with Crippen molar-refractivity contribution in [2.45, 2.75) is 13.5 Å². The summed E-state index contributed by atoms with van der Waals surface area (Å²) in [4.78, 5) is 3.85. The number of aromatic nitrogens is 3. The molecule has 0 aliphatic heterocycles. The Morgan fingerprint density at radius 2 is 2.33 bits per heavy atom. The largest absolute Gasteiger partial charge is 0.494 e. The molecule has 1 heterocycles. The molecule has 0 fully saturated rings. The number of nitriles is 1. The molecule has 18 heavy (non-hydrogen) atoms. The number of nitrogens with zero attached hydrogens (tertiary/aromatic N) is 4. The van der Waals surface area contributed by atoms with Gasteiger partial charge in [0.15, 0.2) is 0 Å². The highest BCUT2D eigenvalue weighted by Gasteiger charge is 2.07. The Labute approximate surface area is 105 Å². The summed E-state index contributed by atoms with van der Waals surface area (Å²) in [6.07, 6.45) is 1.51. The first-order chi connectivity index (χ1) is 8.72. The maximum atomic E-state index is 8.67. The quantitative estimate of drug-likeness (QED) is 0.814. The second-order valence-electron chi connectivity index (χ2n) is 3.68. The van der Waals surface area contributed by atoms with E-state index in [9.17, 15) is 0 Å². The predicted octanol–water partition coefficient (Wildman–Crippen LogP) is 1.18. The molecule has 1 aromatic heterocycles. The van der Waals surface area contributed by atoms with Crippen molar-refractivity contribution in [3.05, 3.63) is 35.9 Å². The van der Waals surface area contributed by atoms with Crippen molar-refractivity contribution in [3.8, 4) is 11.8 Å². The van der Waals surface area contributed by atoms with Gasteiger partial charge in [0.25, 0.3) is 5.82 Å². The molecule has 2 aromatic rings. The lowest BCUT2D eigenvalue weighted by Crippen LogP contribution is -2.05. The molecule has 6 heteroatoms. The zero-order chi connectivity index (χ0) is 13.0. The zero-order valence-corrected chi connectivity index (χ0v) is 10.00. The molecule has 0 saturated heterocycles. The Morgan fingerprint density at radius 1 is 1.50 bits per heavy atom. The number of ether oxygens (including phenoxy) is 1. The molecule has 2 rings (SSSR count). The van der Waals surface area contributed by atoms with E-state index >= 15 is 0 Å². The van der Waals surface area contributed by atoms with Crippen LogP contribution in [0, 0.1) is 11.3 Å². The average Bonchev–Trinajstić information content (AvgIpc) is 2.80. The van der Waals surface area contributed by atoms with E-state index in [0.717, 1.165) is 11.3 Å². The van der Waals surface area contributed by atoms with Crippen LogP contribution in [0.2, 0.25) is 0 Å². The molecular weight excluding hydrogens is 230 g/mol. The summed E-state index contributed by atoms with van der Waals surface area (Å²) >= 11 is 0. The third-order valence-corrected chi connectivity index (χ3v) is 2.35. The summed E-state index contributed by atoms with van der Waals surface area (Å²) in [7, 11) is 0. The van der Waals surface area contributed by atoms with Crippen molar-refractivity contribution < 1.29 is 4.74 Å². The Bertz CT molecular complexity index is 584. The normalized spacial score (nSPS) is 10.0. The number of hydrogen-bond acceptors (Lipinski definition) is 5. The van der Waals surface area contributed by atoms with Gasteiger partial charge in [0.1, 0.15) is 18.1 Å². The molecule has 0 radical (unpaired) electrons. The van der Waals surface area contributed by atoms with E-state index < -0.39 is 0 Å². The average molecular weight is 243 g/mol. The van der Waals surface area contributed by atoms with Gasteiger partial charge in [0.05, 0.1) is 13.2 Å². The van der Waals surface area contributed by atoms with Gasteiger partial charge in [0.2, 0.25) is 0 Å². The summed E-state index contributed by atoms with van der Waals surface area (Å²) < 4.78 is 7.09. The van der Waals surface area contributed by atoms with E-state index in [1.165, 1.54) is 6.33 Å². The molecule has 0 aliphatic carbocycles. The van der Waals surface area contributed by atoms with Crippen LogP contribution in [0.15, 0.2) is 24.5 Å². The molecular formula is C12H13N5O. The van der Waals surface area contributed by atoms with E-state index in [1.807, 2.05) is 25.1 Å². The van der Waals surface area contributed by atoms with Crippen LogP contribution in [0.25, 0.3) is 0 Å². The minimum absolute atomic E-state index is 0.150. The van der Waals surface area contributed by atoms with Gasteiger partial charge in [-0.2, -0.15) is 5.26 Å². The van der Waals surface area contributed by atoms with Crippen LogP contribution in [-0.2, 0) is 6.54 Å². The molecule has 0 saturated carbocycles. The molecule has 0 unspecified atom stereocenters. The Morgan fingerprint density at radius 3 is 3.00 bits per heavy atom. The van der Waals surface area contributed by atoms with Crippen molar-refractivity contribution in [1.29, 1.82) is 5.26 Å². The smallest absolute Gasteiger partial charge is 0.252 e. The van der Waals surface area contributed by atoms with Crippen molar-refractivity contribution in [2.75, 3.05) is 12.3 Å². The molecule has 0 atom stereocenters. The van der Waals surface area contributed by atoms with Gasteiger partial charge in [-0.05, 0) is 25.1 Å². The number of rotatable bonds is 4. The van der Waals surface area contributed by atoms with Gasteiger partial charge in [-0.1, -0.05) is 0 Å². The fraction of sp³-hybridized carbons (Fsp3) is 0.250. The number of nitrogen functional groups attached to an aromatic ring is 1. The molecule has 0 bridgehead atoms. The van der Waals surface area contributed by atoms with E-state index in [2.05, 4.69) is 10.1 Å². The lowest BCUT2D eigenvalue weighted by Gasteiger charge is -2.10. The van der Waals surface area contributed by atoms with Crippen LogP contribution < -0.4 is 10.5 Å². The molecule has 1 aromatic carbocycles. The first kappa shape index (κ1) is 11.9. The first-order valence-electron chi connectivity index (χ1n) is 5.53. The molecule has 6 nitrogen and oxygen atoms in total. The van der Waals surface area contributed by atoms with Gasteiger partial charge in [-0.15, -0.1) is 5.10 Å². The maximum Gasteiger partial charge on any atom is 0.252 e. The Balaban J connectivity index is 2.27. The van der Waals surface area contributed by atoms with Crippen LogP contribution in [-0.4, -0.2) is 21.4 Å². The van der Waals surface area contributed by atoms with Gasteiger partial charge >= 0.3 is 0 Å². The van der Waals surface area contributed by atoms with Crippen LogP contribution in [0.1, 0.15) is 18.3 Å². The van der Waals surface area contributed by atoms with E-state index in [4.69, 9.17) is 15.7 Å². The third kappa shape index (κ3) is 2.58. The summed E-state index contributed by atoms with van der Waals surface area (Å²) in [6.45, 7) is 2.97. The monoisotopic (exact) mass is 243 g/mol. The van der Waals surface area contributed by atoms with E-state index in [1.54, 1.807) is 10.7 Å². The Kier molecular flexibility index (Phi) is 3.44. The second-order valence-corrected chi connectivity index (χ2v) is 3.68. The molecule has 0 amide bonds. The van der Waals surface area contributed by atoms with Gasteiger partial charge in [0, 0.05) is 11.3 Å². The molecule has 0 spiro atoms. The van der Waals surface area contributed by atoms with Crippen LogP contribution in [0.3, 0.4) is 0 Å². The number of anilines is 1. The van der Waals surface area contributed by atoms with Crippen molar-refractivity contribution >= 4 is 5.69 Å². The van der Waals surface area contributed by atoms with Crippen molar-refractivity contribution in [3.63, 3.8) is 0 Å². The number of nitrogens with two attached hydrogens (primary N) is 1. The van der Waals surface area contributed by atoms with Crippen molar-refractivity contribution in [2.24, 2.45) is 0 Å². The lowest BCUT2D eigenvalue weighted by atomic mass is 10.2. The van der Waals surface area contributed by atoms with Crippen LogP contribution >= 0.6 is 0 Å². The summed E-state index contributed by atoms with van der Waals surface area (Å²) in [5, 5.41) is 12.7. The van der Waals surface area contributed by atoms with Gasteiger partial charge in [-0.25, -0.2) is 9.67 Å². The van der Waals surface area contributed by atoms with Crippen molar-refractivity contribution in [1.82, 2.24) is 14.8 Å². The summed E-state index contributed by atoms with van der Waals surface area (Å²) in [5.74, 6) is 0.914. The Hall–Kier alpha value is -2.55. The summed E-state index contributed by atoms with van der Waals surface area (Å²) in [5.41, 5.74) is 7.33. The highest BCUT2D eigenvalue weighted by atomic mass is 16.5. The number of hydrogen-bond donors (Lipinski definition) is 1. The molecule has 0 aliphatic rings. The fourth-order valence-electron chi connectivity index (χ4n) is 1.62. The zero-order valence-electron chi connectivity index (χ0n) is 10.00. The van der Waals surface area contributed by atoms with Crippen LogP contribution in [0.5, 0.6) is 5.75 Å². The minimum atomic E-state index is 0.150. The van der Waals surface area contributed by atoms with E-state index in [0.29, 0.717) is 18.8 Å². The fourth-order valence-corrected chi connectivity index (χ4v) is 1.62. The highest BCUT2D eigenvalue weighted by Crippen LogP contribution is 2.22. The molecule has 2 N–H and O–H groups in total. The standard InChI is InChI=1S/C12H13N5O/c1-2-18-11-4-3-10(14)5-9(11)7-17-8-15-12(6-13)16-17/h3-5,8H,2,7,14H2,1H3. The van der Waals surface area contributed by atoms with Gasteiger partial charge in [-0.3, -0.25) is 0 Å². The molecule has 92 valence electrons. The van der Waals surface area contributed by atoms with Crippen LogP contribution in [0.4, 0.5) is 5.69 Å². The minimum Gasteiger partial charge on any atom is -0.494 e. The second kappa shape index (κ2) is 5.19. The first-order valence-corrected chi connectivity index (χ1v) is 5.53. The maximum absolute atomic E-state index is 8.67. The highest BCUT2D eigenvalue weighted by molar-refractivity contribution is 5.47. The lowest BCUT2D eigenvalue weighted by molar-refractivity contribution is 0.335. The van der Waals surface area contributed by atoms with E-state index in [-0.39, 0.29) is 5.82 Å². The SMILES string of the molecule is CCOc1ccc(N)cc1Cn1cnc(C#N)n1. The predicted molar refractivity (Wildman–Crippen MR) is 65.9 cm³/mol. The topological polar surface area (TPSA) is 89.8 Å².